The average Bonchev–Trinajstić information content (AvgIpc) is 3.05. The lowest BCUT2D eigenvalue weighted by atomic mass is 10.1. The maximum absolute atomic E-state index is 12.9. The second-order valence-corrected chi connectivity index (χ2v) is 4.20. The first-order valence-corrected chi connectivity index (χ1v) is 5.26. The van der Waals surface area contributed by atoms with Crippen LogP contribution < -0.4 is 0 Å². The number of ketones is 1. The van der Waals surface area contributed by atoms with Gasteiger partial charge in [-0.1, -0.05) is 0 Å². The predicted molar refractivity (Wildman–Crippen MR) is 56.3 cm³/mol. The van der Waals surface area contributed by atoms with E-state index in [2.05, 4.69) is 0 Å². The molecule has 1 fully saturated rings. The van der Waals surface area contributed by atoms with Gasteiger partial charge in [-0.15, -0.1) is 0 Å². The smallest absolute Gasteiger partial charge is 0.176 e. The molecule has 0 spiro atoms. The van der Waals surface area contributed by atoms with Gasteiger partial charge in [0.1, 0.15) is 0 Å². The Hall–Kier alpha value is -1.29. The standard InChI is InChI=1S/C12H13F2NO/c1-15(9-3-4-9)7-12(16)8-2-5-10(13)11(14)6-8/h2,5-6,9H,3-4,7H2,1H3. The van der Waals surface area contributed by atoms with Crippen molar-refractivity contribution >= 4 is 5.78 Å². The van der Waals surface area contributed by atoms with Crippen LogP contribution in [0.15, 0.2) is 18.2 Å². The zero-order valence-corrected chi connectivity index (χ0v) is 9.04. The van der Waals surface area contributed by atoms with Crippen LogP contribution in [0.5, 0.6) is 0 Å². The average molecular weight is 225 g/mol. The van der Waals surface area contributed by atoms with E-state index in [1.807, 2.05) is 11.9 Å². The molecule has 0 N–H and O–H groups in total. The van der Waals surface area contributed by atoms with Crippen molar-refractivity contribution in [3.05, 3.63) is 35.4 Å². The number of carbonyl (C=O) groups is 1. The zero-order valence-electron chi connectivity index (χ0n) is 9.04. The van der Waals surface area contributed by atoms with Crippen molar-refractivity contribution in [2.24, 2.45) is 0 Å². The highest BCUT2D eigenvalue weighted by atomic mass is 19.2. The Balaban J connectivity index is 2.05. The summed E-state index contributed by atoms with van der Waals surface area (Å²) in [6.07, 6.45) is 2.23. The minimum atomic E-state index is -0.972. The maximum atomic E-state index is 12.9. The van der Waals surface area contributed by atoms with E-state index in [-0.39, 0.29) is 17.9 Å². The van der Waals surface area contributed by atoms with Gasteiger partial charge in [0.2, 0.25) is 0 Å². The Morgan fingerprint density at radius 1 is 1.38 bits per heavy atom. The van der Waals surface area contributed by atoms with Crippen LogP contribution in [-0.2, 0) is 0 Å². The number of likely N-dealkylation sites (N-methyl/N-ethyl adjacent to an activating group) is 1. The maximum Gasteiger partial charge on any atom is 0.176 e. The van der Waals surface area contributed by atoms with E-state index < -0.39 is 11.6 Å². The molecule has 1 aliphatic carbocycles. The first kappa shape index (κ1) is 11.2. The second-order valence-electron chi connectivity index (χ2n) is 4.20. The summed E-state index contributed by atoms with van der Waals surface area (Å²) in [5.41, 5.74) is 0.228. The van der Waals surface area contributed by atoms with Crippen LogP contribution in [0.25, 0.3) is 0 Å². The van der Waals surface area contributed by atoms with Crippen LogP contribution in [0.1, 0.15) is 23.2 Å². The van der Waals surface area contributed by atoms with Crippen LogP contribution in [0, 0.1) is 11.6 Å². The molecule has 0 aliphatic heterocycles. The van der Waals surface area contributed by atoms with Gasteiger partial charge in [-0.3, -0.25) is 9.69 Å². The van der Waals surface area contributed by atoms with Crippen molar-refractivity contribution in [2.75, 3.05) is 13.6 Å². The number of rotatable bonds is 4. The molecule has 1 aliphatic rings. The molecule has 0 unspecified atom stereocenters. The molecule has 86 valence electrons. The summed E-state index contributed by atoms with van der Waals surface area (Å²) in [4.78, 5) is 13.7. The summed E-state index contributed by atoms with van der Waals surface area (Å²) in [6, 6.07) is 3.74. The number of benzene rings is 1. The molecule has 0 radical (unpaired) electrons. The van der Waals surface area contributed by atoms with Crippen molar-refractivity contribution in [3.63, 3.8) is 0 Å². The fourth-order valence-corrected chi connectivity index (χ4v) is 1.63. The third-order valence-electron chi connectivity index (χ3n) is 2.80. The van der Waals surface area contributed by atoms with Crippen molar-refractivity contribution < 1.29 is 13.6 Å². The summed E-state index contributed by atoms with van der Waals surface area (Å²) < 4.78 is 25.6. The van der Waals surface area contributed by atoms with Crippen LogP contribution in [0.3, 0.4) is 0 Å². The fourth-order valence-electron chi connectivity index (χ4n) is 1.63. The zero-order chi connectivity index (χ0) is 11.7. The molecule has 0 bridgehead atoms. The Labute approximate surface area is 92.9 Å². The molecule has 0 aromatic heterocycles. The Morgan fingerprint density at radius 2 is 2.06 bits per heavy atom. The fraction of sp³-hybridized carbons (Fsp3) is 0.417. The van der Waals surface area contributed by atoms with E-state index >= 15 is 0 Å². The van der Waals surface area contributed by atoms with Gasteiger partial charge in [0.05, 0.1) is 6.54 Å². The molecule has 0 atom stereocenters. The molecule has 16 heavy (non-hydrogen) atoms. The van der Waals surface area contributed by atoms with Crippen LogP contribution in [0.2, 0.25) is 0 Å². The lowest BCUT2D eigenvalue weighted by Gasteiger charge is -2.14. The van der Waals surface area contributed by atoms with E-state index in [4.69, 9.17) is 0 Å². The quantitative estimate of drug-likeness (QED) is 0.732. The minimum Gasteiger partial charge on any atom is -0.296 e. The third kappa shape index (κ3) is 2.44. The summed E-state index contributed by atoms with van der Waals surface area (Å²) >= 11 is 0. The Morgan fingerprint density at radius 3 is 2.62 bits per heavy atom. The normalized spacial score (nSPS) is 15.5. The molecule has 0 saturated heterocycles. The first-order valence-electron chi connectivity index (χ1n) is 5.26. The van der Waals surface area contributed by atoms with Gasteiger partial charge in [0.15, 0.2) is 17.4 Å². The molecular weight excluding hydrogens is 212 g/mol. The molecule has 4 heteroatoms. The topological polar surface area (TPSA) is 20.3 Å². The molecule has 2 rings (SSSR count). The number of Topliss-reactive ketones (excluding diaryl/α,β-unsaturated/α-hetero) is 1. The van der Waals surface area contributed by atoms with Crippen molar-refractivity contribution in [1.82, 2.24) is 4.90 Å². The lowest BCUT2D eigenvalue weighted by Crippen LogP contribution is -2.27. The lowest BCUT2D eigenvalue weighted by molar-refractivity contribution is 0.0942. The van der Waals surface area contributed by atoms with Crippen molar-refractivity contribution in [3.8, 4) is 0 Å². The highest BCUT2D eigenvalue weighted by Gasteiger charge is 2.27. The van der Waals surface area contributed by atoms with E-state index in [9.17, 15) is 13.6 Å². The van der Waals surface area contributed by atoms with Crippen LogP contribution in [-0.4, -0.2) is 30.3 Å². The minimum absolute atomic E-state index is 0.173. The predicted octanol–water partition coefficient (Wildman–Crippen LogP) is 2.24. The van der Waals surface area contributed by atoms with Crippen molar-refractivity contribution in [2.45, 2.75) is 18.9 Å². The Kier molecular flexibility index (Phi) is 3.01. The second kappa shape index (κ2) is 4.29. The van der Waals surface area contributed by atoms with Gasteiger partial charge < -0.3 is 0 Å². The summed E-state index contributed by atoms with van der Waals surface area (Å²) in [5, 5.41) is 0. The van der Waals surface area contributed by atoms with Gasteiger partial charge in [0.25, 0.3) is 0 Å². The monoisotopic (exact) mass is 225 g/mol. The van der Waals surface area contributed by atoms with Gasteiger partial charge in [0, 0.05) is 11.6 Å². The van der Waals surface area contributed by atoms with Gasteiger partial charge >= 0.3 is 0 Å². The third-order valence-corrected chi connectivity index (χ3v) is 2.80. The molecule has 0 heterocycles. The van der Waals surface area contributed by atoms with E-state index in [0.717, 1.165) is 25.0 Å². The largest absolute Gasteiger partial charge is 0.296 e. The molecule has 1 saturated carbocycles. The number of halogens is 2. The SMILES string of the molecule is CN(CC(=O)c1ccc(F)c(F)c1)C1CC1. The molecule has 1 aromatic carbocycles. The summed E-state index contributed by atoms with van der Waals surface area (Å²) in [5.74, 6) is -2.07. The van der Waals surface area contributed by atoms with Crippen LogP contribution >= 0.6 is 0 Å². The van der Waals surface area contributed by atoms with E-state index in [0.29, 0.717) is 6.04 Å². The van der Waals surface area contributed by atoms with Gasteiger partial charge in [-0.25, -0.2) is 8.78 Å². The highest BCUT2D eigenvalue weighted by molar-refractivity contribution is 5.97. The summed E-state index contributed by atoms with van der Waals surface area (Å²) in [6.45, 7) is 0.260. The van der Waals surface area contributed by atoms with Crippen molar-refractivity contribution in [1.29, 1.82) is 0 Å². The number of hydrogen-bond acceptors (Lipinski definition) is 2. The van der Waals surface area contributed by atoms with Crippen LogP contribution in [0.4, 0.5) is 8.78 Å². The molecule has 2 nitrogen and oxygen atoms in total. The number of nitrogens with zero attached hydrogens (tertiary/aromatic N) is 1. The molecular formula is C12H13F2NO. The number of hydrogen-bond donors (Lipinski definition) is 0. The van der Waals surface area contributed by atoms with E-state index in [1.54, 1.807) is 0 Å². The Bertz CT molecular complexity index is 415. The van der Waals surface area contributed by atoms with Gasteiger partial charge in [-0.2, -0.15) is 0 Å². The summed E-state index contributed by atoms with van der Waals surface area (Å²) in [7, 11) is 1.87. The molecule has 1 aromatic rings. The van der Waals surface area contributed by atoms with Gasteiger partial charge in [-0.05, 0) is 38.1 Å². The highest BCUT2D eigenvalue weighted by Crippen LogP contribution is 2.25. The molecule has 0 amide bonds. The first-order chi connectivity index (χ1) is 7.58. The van der Waals surface area contributed by atoms with E-state index in [1.165, 1.54) is 6.07 Å². The number of carbonyl (C=O) groups excluding carboxylic acids is 1.